The standard InChI is InChI=1S/C8H7Cl3N2S/c1-12-8(14)13-4-2-5(9)7(11)6(10)3-4/h2-3H,1H3,(H2,12,13,14). The SMILES string of the molecule is CNC(=S)Nc1cc(Cl)c(Cl)c(Cl)c1. The summed E-state index contributed by atoms with van der Waals surface area (Å²) in [5, 5.41) is 7.27. The van der Waals surface area contributed by atoms with Crippen LogP contribution < -0.4 is 10.6 Å². The van der Waals surface area contributed by atoms with Gasteiger partial charge in [-0.3, -0.25) is 0 Å². The molecular weight excluding hydrogens is 263 g/mol. The molecule has 1 aromatic carbocycles. The van der Waals surface area contributed by atoms with Crippen molar-refractivity contribution in [3.63, 3.8) is 0 Å². The van der Waals surface area contributed by atoms with Crippen molar-refractivity contribution in [3.8, 4) is 0 Å². The van der Waals surface area contributed by atoms with Crippen molar-refractivity contribution in [1.82, 2.24) is 5.32 Å². The minimum Gasteiger partial charge on any atom is -0.366 e. The maximum Gasteiger partial charge on any atom is 0.170 e. The summed E-state index contributed by atoms with van der Waals surface area (Å²) < 4.78 is 0. The lowest BCUT2D eigenvalue weighted by atomic mass is 10.3. The van der Waals surface area contributed by atoms with Gasteiger partial charge in [0.1, 0.15) is 0 Å². The zero-order valence-electron chi connectivity index (χ0n) is 7.20. The van der Waals surface area contributed by atoms with Crippen molar-refractivity contribution in [2.45, 2.75) is 0 Å². The normalized spacial score (nSPS) is 9.71. The molecule has 2 nitrogen and oxygen atoms in total. The van der Waals surface area contributed by atoms with Gasteiger partial charge in [-0.1, -0.05) is 34.8 Å². The first-order valence-corrected chi connectivity index (χ1v) is 5.22. The van der Waals surface area contributed by atoms with Gasteiger partial charge in [0.25, 0.3) is 0 Å². The molecular formula is C8H7Cl3N2S. The third-order valence-electron chi connectivity index (χ3n) is 1.47. The quantitative estimate of drug-likeness (QED) is 0.602. The Labute approximate surface area is 103 Å². The minimum atomic E-state index is 0.342. The zero-order valence-corrected chi connectivity index (χ0v) is 10.3. The van der Waals surface area contributed by atoms with Gasteiger partial charge in [-0.15, -0.1) is 0 Å². The van der Waals surface area contributed by atoms with Crippen molar-refractivity contribution in [3.05, 3.63) is 27.2 Å². The summed E-state index contributed by atoms with van der Waals surface area (Å²) >= 11 is 22.3. The van der Waals surface area contributed by atoms with Crippen LogP contribution in [0, 0.1) is 0 Å². The van der Waals surface area contributed by atoms with Crippen LogP contribution in [0.15, 0.2) is 12.1 Å². The highest BCUT2D eigenvalue weighted by Gasteiger charge is 2.06. The summed E-state index contributed by atoms with van der Waals surface area (Å²) in [5.74, 6) is 0. The van der Waals surface area contributed by atoms with Crippen LogP contribution in [0.5, 0.6) is 0 Å². The van der Waals surface area contributed by atoms with Crippen LogP contribution in [-0.4, -0.2) is 12.2 Å². The zero-order chi connectivity index (χ0) is 10.7. The van der Waals surface area contributed by atoms with Crippen molar-refractivity contribution in [2.75, 3.05) is 12.4 Å². The smallest absolute Gasteiger partial charge is 0.170 e. The Balaban J connectivity index is 2.95. The molecule has 2 N–H and O–H groups in total. The highest BCUT2D eigenvalue weighted by Crippen LogP contribution is 2.32. The molecule has 0 heterocycles. The van der Waals surface area contributed by atoms with E-state index in [0.29, 0.717) is 25.9 Å². The van der Waals surface area contributed by atoms with Crippen LogP contribution in [-0.2, 0) is 0 Å². The molecule has 0 spiro atoms. The first kappa shape index (κ1) is 11.9. The maximum atomic E-state index is 5.83. The number of thiocarbonyl (C=S) groups is 1. The number of hydrogen-bond donors (Lipinski definition) is 2. The van der Waals surface area contributed by atoms with Gasteiger partial charge in [-0.25, -0.2) is 0 Å². The van der Waals surface area contributed by atoms with E-state index in [9.17, 15) is 0 Å². The lowest BCUT2D eigenvalue weighted by Crippen LogP contribution is -2.24. The molecule has 0 amide bonds. The Bertz CT molecular complexity index is 345. The molecule has 0 aromatic heterocycles. The molecule has 0 radical (unpaired) electrons. The molecule has 14 heavy (non-hydrogen) atoms. The molecule has 0 aliphatic rings. The minimum absolute atomic E-state index is 0.342. The van der Waals surface area contributed by atoms with Crippen LogP contribution >= 0.6 is 47.0 Å². The molecule has 0 bridgehead atoms. The number of halogens is 3. The first-order chi connectivity index (χ1) is 6.54. The van der Waals surface area contributed by atoms with E-state index in [1.807, 2.05) is 0 Å². The Morgan fingerprint density at radius 1 is 1.21 bits per heavy atom. The number of benzene rings is 1. The van der Waals surface area contributed by atoms with Gasteiger partial charge in [-0.2, -0.15) is 0 Å². The molecule has 6 heteroatoms. The van der Waals surface area contributed by atoms with Crippen LogP contribution in [0.25, 0.3) is 0 Å². The summed E-state index contributed by atoms with van der Waals surface area (Å²) in [7, 11) is 1.72. The average molecular weight is 270 g/mol. The van der Waals surface area contributed by atoms with E-state index in [-0.39, 0.29) is 0 Å². The van der Waals surface area contributed by atoms with Crippen molar-refractivity contribution < 1.29 is 0 Å². The second-order valence-electron chi connectivity index (χ2n) is 2.46. The van der Waals surface area contributed by atoms with Gasteiger partial charge in [-0.05, 0) is 24.4 Å². The van der Waals surface area contributed by atoms with Crippen LogP contribution in [0.2, 0.25) is 15.1 Å². The van der Waals surface area contributed by atoms with Crippen molar-refractivity contribution >= 4 is 57.8 Å². The summed E-state index contributed by atoms with van der Waals surface area (Å²) in [5.41, 5.74) is 0.698. The fourth-order valence-electron chi connectivity index (χ4n) is 0.821. The topological polar surface area (TPSA) is 24.1 Å². The average Bonchev–Trinajstić information content (AvgIpc) is 2.14. The van der Waals surface area contributed by atoms with Gasteiger partial charge < -0.3 is 10.6 Å². The van der Waals surface area contributed by atoms with Crippen LogP contribution in [0.4, 0.5) is 5.69 Å². The van der Waals surface area contributed by atoms with E-state index < -0.39 is 0 Å². The number of nitrogens with one attached hydrogen (secondary N) is 2. The largest absolute Gasteiger partial charge is 0.366 e. The maximum absolute atomic E-state index is 5.83. The van der Waals surface area contributed by atoms with E-state index in [2.05, 4.69) is 10.6 Å². The summed E-state index contributed by atoms with van der Waals surface area (Å²) in [4.78, 5) is 0. The molecule has 0 saturated carbocycles. The molecule has 0 aliphatic carbocycles. The lowest BCUT2D eigenvalue weighted by Gasteiger charge is -2.08. The summed E-state index contributed by atoms with van der Waals surface area (Å²) in [6, 6.07) is 3.30. The monoisotopic (exact) mass is 268 g/mol. The molecule has 76 valence electrons. The predicted octanol–water partition coefficient (Wildman–Crippen LogP) is 3.56. The third-order valence-corrected chi connectivity index (χ3v) is 2.97. The molecule has 1 aromatic rings. The molecule has 0 fully saturated rings. The van der Waals surface area contributed by atoms with E-state index in [4.69, 9.17) is 47.0 Å². The van der Waals surface area contributed by atoms with E-state index in [0.717, 1.165) is 0 Å². The van der Waals surface area contributed by atoms with Crippen molar-refractivity contribution in [1.29, 1.82) is 0 Å². The third kappa shape index (κ3) is 2.89. The Kier molecular flexibility index (Phi) is 4.26. The van der Waals surface area contributed by atoms with E-state index in [1.54, 1.807) is 19.2 Å². The van der Waals surface area contributed by atoms with Crippen LogP contribution in [0.1, 0.15) is 0 Å². The number of anilines is 1. The fourth-order valence-corrected chi connectivity index (χ4v) is 1.54. The number of rotatable bonds is 1. The Morgan fingerprint density at radius 2 is 1.71 bits per heavy atom. The van der Waals surface area contributed by atoms with Gasteiger partial charge in [0.15, 0.2) is 5.11 Å². The van der Waals surface area contributed by atoms with Gasteiger partial charge >= 0.3 is 0 Å². The molecule has 1 rings (SSSR count). The van der Waals surface area contributed by atoms with E-state index in [1.165, 1.54) is 0 Å². The molecule has 0 aliphatic heterocycles. The first-order valence-electron chi connectivity index (χ1n) is 3.68. The highest BCUT2D eigenvalue weighted by molar-refractivity contribution is 7.80. The predicted molar refractivity (Wildman–Crippen MR) is 66.8 cm³/mol. The molecule has 0 saturated heterocycles. The number of hydrogen-bond acceptors (Lipinski definition) is 1. The molecule has 0 atom stereocenters. The fraction of sp³-hybridized carbons (Fsp3) is 0.125. The Morgan fingerprint density at radius 3 is 2.14 bits per heavy atom. The molecule has 0 unspecified atom stereocenters. The second-order valence-corrected chi connectivity index (χ2v) is 4.06. The summed E-state index contributed by atoms with van der Waals surface area (Å²) in [6.45, 7) is 0. The van der Waals surface area contributed by atoms with Gasteiger partial charge in [0, 0.05) is 12.7 Å². The Hall–Kier alpha value is -0.220. The van der Waals surface area contributed by atoms with Gasteiger partial charge in [0.2, 0.25) is 0 Å². The second kappa shape index (κ2) is 5.03. The van der Waals surface area contributed by atoms with Crippen LogP contribution in [0.3, 0.4) is 0 Å². The highest BCUT2D eigenvalue weighted by atomic mass is 35.5. The van der Waals surface area contributed by atoms with Crippen molar-refractivity contribution in [2.24, 2.45) is 0 Å². The van der Waals surface area contributed by atoms with Gasteiger partial charge in [0.05, 0.1) is 15.1 Å². The summed E-state index contributed by atoms with van der Waals surface area (Å²) in [6.07, 6.45) is 0. The lowest BCUT2D eigenvalue weighted by molar-refractivity contribution is 1.20. The van der Waals surface area contributed by atoms with E-state index >= 15 is 0 Å².